The van der Waals surface area contributed by atoms with E-state index in [1.54, 1.807) is 6.92 Å². The minimum Gasteiger partial charge on any atom is -0.490 e. The van der Waals surface area contributed by atoms with Crippen LogP contribution in [0.25, 0.3) is 0 Å². The van der Waals surface area contributed by atoms with Gasteiger partial charge in [-0.2, -0.15) is 0 Å². The van der Waals surface area contributed by atoms with Gasteiger partial charge in [0.2, 0.25) is 0 Å². The van der Waals surface area contributed by atoms with Gasteiger partial charge in [0.1, 0.15) is 5.75 Å². The minimum atomic E-state index is -0.432. The normalized spacial score (nSPS) is 29.9. The number of ether oxygens (including phenoxy) is 1. The van der Waals surface area contributed by atoms with Crippen molar-refractivity contribution in [3.05, 3.63) is 29.8 Å². The molecule has 0 spiro atoms. The highest BCUT2D eigenvalue weighted by Gasteiger charge is 2.25. The zero-order valence-electron chi connectivity index (χ0n) is 11.6. The van der Waals surface area contributed by atoms with Crippen molar-refractivity contribution in [3.63, 3.8) is 0 Å². The van der Waals surface area contributed by atoms with Gasteiger partial charge in [-0.05, 0) is 55.7 Å². The molecule has 0 amide bonds. The highest BCUT2D eigenvalue weighted by molar-refractivity contribution is 5.29. The summed E-state index contributed by atoms with van der Waals surface area (Å²) in [6.45, 7) is 6.42. The fourth-order valence-electron chi connectivity index (χ4n) is 2.65. The predicted octanol–water partition coefficient (Wildman–Crippen LogP) is 3.94. The summed E-state index contributed by atoms with van der Waals surface area (Å²) >= 11 is 0. The third-order valence-electron chi connectivity index (χ3n) is 4.19. The van der Waals surface area contributed by atoms with Crippen molar-refractivity contribution >= 4 is 0 Å². The van der Waals surface area contributed by atoms with E-state index in [1.165, 1.54) is 6.42 Å². The standard InChI is InChI=1S/C16H24O2/c1-11-7-8-16(9-12(11)2)18-15-6-4-5-14(10-15)13(3)17/h4-6,10-13,16-17H,7-9H2,1-3H3. The number of hydrogen-bond donors (Lipinski definition) is 1. The van der Waals surface area contributed by atoms with Crippen LogP contribution >= 0.6 is 0 Å². The molecule has 0 heterocycles. The molecule has 2 nitrogen and oxygen atoms in total. The molecular weight excluding hydrogens is 224 g/mol. The SMILES string of the molecule is CC(O)c1cccc(OC2CCC(C)C(C)C2)c1. The predicted molar refractivity (Wildman–Crippen MR) is 73.7 cm³/mol. The summed E-state index contributed by atoms with van der Waals surface area (Å²) < 4.78 is 6.05. The molecule has 4 unspecified atom stereocenters. The van der Waals surface area contributed by atoms with Crippen molar-refractivity contribution < 1.29 is 9.84 Å². The Morgan fingerprint density at radius 1 is 1.22 bits per heavy atom. The van der Waals surface area contributed by atoms with Gasteiger partial charge < -0.3 is 9.84 Å². The Morgan fingerprint density at radius 2 is 2.00 bits per heavy atom. The van der Waals surface area contributed by atoms with Crippen molar-refractivity contribution in [2.45, 2.75) is 52.2 Å². The molecule has 1 aliphatic rings. The third-order valence-corrected chi connectivity index (χ3v) is 4.19. The Morgan fingerprint density at radius 3 is 2.67 bits per heavy atom. The first kappa shape index (κ1) is 13.4. The summed E-state index contributed by atoms with van der Waals surface area (Å²) in [5.74, 6) is 2.44. The molecule has 18 heavy (non-hydrogen) atoms. The lowest BCUT2D eigenvalue weighted by atomic mass is 9.80. The van der Waals surface area contributed by atoms with Crippen LogP contribution in [0.5, 0.6) is 5.75 Å². The minimum absolute atomic E-state index is 0.334. The topological polar surface area (TPSA) is 29.5 Å². The molecule has 1 aromatic rings. The van der Waals surface area contributed by atoms with Crippen LogP contribution in [0.15, 0.2) is 24.3 Å². The van der Waals surface area contributed by atoms with E-state index in [9.17, 15) is 5.11 Å². The van der Waals surface area contributed by atoms with Crippen LogP contribution < -0.4 is 4.74 Å². The smallest absolute Gasteiger partial charge is 0.120 e. The second kappa shape index (κ2) is 5.75. The molecule has 100 valence electrons. The summed E-state index contributed by atoms with van der Waals surface area (Å²) in [5.41, 5.74) is 0.921. The van der Waals surface area contributed by atoms with Gasteiger partial charge >= 0.3 is 0 Å². The zero-order valence-corrected chi connectivity index (χ0v) is 11.6. The lowest BCUT2D eigenvalue weighted by Gasteiger charge is -2.32. The van der Waals surface area contributed by atoms with Crippen LogP contribution in [0.3, 0.4) is 0 Å². The van der Waals surface area contributed by atoms with Crippen LogP contribution in [0.1, 0.15) is 51.7 Å². The molecular formula is C16H24O2. The van der Waals surface area contributed by atoms with E-state index < -0.39 is 6.10 Å². The Hall–Kier alpha value is -1.02. The first-order valence-electron chi connectivity index (χ1n) is 7.01. The molecule has 1 aliphatic carbocycles. The van der Waals surface area contributed by atoms with Gasteiger partial charge in [0.05, 0.1) is 12.2 Å². The monoisotopic (exact) mass is 248 g/mol. The van der Waals surface area contributed by atoms with E-state index in [0.29, 0.717) is 6.10 Å². The molecule has 2 rings (SSSR count). The highest BCUT2D eigenvalue weighted by atomic mass is 16.5. The Bertz CT molecular complexity index is 386. The largest absolute Gasteiger partial charge is 0.490 e. The highest BCUT2D eigenvalue weighted by Crippen LogP contribution is 2.32. The lowest BCUT2D eigenvalue weighted by Crippen LogP contribution is -2.28. The Balaban J connectivity index is 1.99. The summed E-state index contributed by atoms with van der Waals surface area (Å²) in [4.78, 5) is 0. The van der Waals surface area contributed by atoms with Gasteiger partial charge in [-0.15, -0.1) is 0 Å². The maximum atomic E-state index is 9.58. The van der Waals surface area contributed by atoms with E-state index in [-0.39, 0.29) is 0 Å². The van der Waals surface area contributed by atoms with Crippen molar-refractivity contribution in [1.29, 1.82) is 0 Å². The Kier molecular flexibility index (Phi) is 4.28. The van der Waals surface area contributed by atoms with Gasteiger partial charge in [-0.1, -0.05) is 26.0 Å². The van der Waals surface area contributed by atoms with Crippen molar-refractivity contribution in [1.82, 2.24) is 0 Å². The summed E-state index contributed by atoms with van der Waals surface area (Å²) in [6.07, 6.45) is 3.44. The summed E-state index contributed by atoms with van der Waals surface area (Å²) in [5, 5.41) is 9.58. The third kappa shape index (κ3) is 3.26. The molecule has 1 saturated carbocycles. The van der Waals surface area contributed by atoms with Crippen LogP contribution in [-0.2, 0) is 0 Å². The fourth-order valence-corrected chi connectivity index (χ4v) is 2.65. The molecule has 0 aliphatic heterocycles. The molecule has 0 bridgehead atoms. The van der Waals surface area contributed by atoms with E-state index in [2.05, 4.69) is 13.8 Å². The van der Waals surface area contributed by atoms with Crippen molar-refractivity contribution in [2.75, 3.05) is 0 Å². The molecule has 0 radical (unpaired) electrons. The maximum absolute atomic E-state index is 9.58. The van der Waals surface area contributed by atoms with Gasteiger partial charge in [0.25, 0.3) is 0 Å². The number of hydrogen-bond acceptors (Lipinski definition) is 2. The molecule has 0 saturated heterocycles. The molecule has 1 fully saturated rings. The van der Waals surface area contributed by atoms with Crippen LogP contribution in [-0.4, -0.2) is 11.2 Å². The fraction of sp³-hybridized carbons (Fsp3) is 0.625. The molecule has 4 atom stereocenters. The van der Waals surface area contributed by atoms with Crippen molar-refractivity contribution in [2.24, 2.45) is 11.8 Å². The van der Waals surface area contributed by atoms with E-state index in [0.717, 1.165) is 36.0 Å². The molecule has 1 aromatic carbocycles. The van der Waals surface area contributed by atoms with Crippen LogP contribution in [0, 0.1) is 11.8 Å². The van der Waals surface area contributed by atoms with Gasteiger partial charge in [-0.25, -0.2) is 0 Å². The number of aliphatic hydroxyl groups excluding tert-OH is 1. The summed E-state index contributed by atoms with van der Waals surface area (Å²) in [6, 6.07) is 7.82. The maximum Gasteiger partial charge on any atom is 0.120 e. The van der Waals surface area contributed by atoms with Gasteiger partial charge in [-0.3, -0.25) is 0 Å². The first-order chi connectivity index (χ1) is 8.56. The Labute approximate surface area is 110 Å². The zero-order chi connectivity index (χ0) is 13.1. The first-order valence-corrected chi connectivity index (χ1v) is 7.01. The van der Waals surface area contributed by atoms with Gasteiger partial charge in [0.15, 0.2) is 0 Å². The lowest BCUT2D eigenvalue weighted by molar-refractivity contribution is 0.100. The molecule has 0 aromatic heterocycles. The average molecular weight is 248 g/mol. The van der Waals surface area contributed by atoms with E-state index in [4.69, 9.17) is 4.74 Å². The summed E-state index contributed by atoms with van der Waals surface area (Å²) in [7, 11) is 0. The van der Waals surface area contributed by atoms with E-state index in [1.807, 2.05) is 24.3 Å². The second-order valence-corrected chi connectivity index (χ2v) is 5.76. The molecule has 1 N–H and O–H groups in total. The number of rotatable bonds is 3. The average Bonchev–Trinajstić information content (AvgIpc) is 2.34. The second-order valence-electron chi connectivity index (χ2n) is 5.76. The van der Waals surface area contributed by atoms with Crippen LogP contribution in [0.4, 0.5) is 0 Å². The van der Waals surface area contributed by atoms with Crippen molar-refractivity contribution in [3.8, 4) is 5.75 Å². The number of benzene rings is 1. The quantitative estimate of drug-likeness (QED) is 0.877. The number of aliphatic hydroxyl groups is 1. The van der Waals surface area contributed by atoms with Gasteiger partial charge in [0, 0.05) is 0 Å². The van der Waals surface area contributed by atoms with E-state index >= 15 is 0 Å². The molecule has 2 heteroatoms. The van der Waals surface area contributed by atoms with Crippen LogP contribution in [0.2, 0.25) is 0 Å².